The predicted octanol–water partition coefficient (Wildman–Crippen LogP) is 8.77. The van der Waals surface area contributed by atoms with E-state index in [1.165, 1.54) is 36.8 Å². The summed E-state index contributed by atoms with van der Waals surface area (Å²) in [6, 6.07) is 63.8. The van der Waals surface area contributed by atoms with Crippen LogP contribution >= 0.6 is 11.8 Å². The van der Waals surface area contributed by atoms with Gasteiger partial charge in [0.05, 0.1) is 9.79 Å². The van der Waals surface area contributed by atoms with E-state index in [4.69, 9.17) is 4.74 Å². The molecule has 218 valence electrons. The minimum absolute atomic E-state index is 0.927. The molecule has 4 heteroatoms. The van der Waals surface area contributed by atoms with Crippen LogP contribution in [0.4, 0.5) is 17.1 Å². The highest BCUT2D eigenvalue weighted by Crippen LogP contribution is 2.51. The summed E-state index contributed by atoms with van der Waals surface area (Å²) in [4.78, 5) is 4.65. The lowest BCUT2D eigenvalue weighted by molar-refractivity contribution is 0.457. The van der Waals surface area contributed by atoms with Crippen molar-refractivity contribution in [2.24, 2.45) is 0 Å². The maximum atomic E-state index is 6.79. The first-order valence-corrected chi connectivity index (χ1v) is 18.4. The molecule has 0 saturated carbocycles. The summed E-state index contributed by atoms with van der Waals surface area (Å²) in [5, 5.41) is 5.53. The van der Waals surface area contributed by atoms with Gasteiger partial charge < -0.3 is 9.64 Å². The first kappa shape index (κ1) is 27.1. The fraction of sp³-hybridized carbons (Fsp3) is 0. The number of rotatable bonds is 5. The number of nitrogens with zero attached hydrogens (tertiary/aromatic N) is 1. The Labute approximate surface area is 274 Å². The Morgan fingerprint density at radius 1 is 0.435 bits per heavy atom. The van der Waals surface area contributed by atoms with Gasteiger partial charge in [-0.3, -0.25) is 0 Å². The summed E-state index contributed by atoms with van der Waals surface area (Å²) in [6.45, 7) is 0. The Morgan fingerprint density at radius 3 is 1.72 bits per heavy atom. The Morgan fingerprint density at radius 2 is 1.00 bits per heavy atom. The zero-order valence-electron chi connectivity index (χ0n) is 25.0. The number of fused-ring (bicyclic) bond motifs is 6. The van der Waals surface area contributed by atoms with E-state index in [1.54, 1.807) is 11.8 Å². The predicted molar refractivity (Wildman–Crippen MR) is 194 cm³/mol. The van der Waals surface area contributed by atoms with E-state index in [0.717, 1.165) is 33.5 Å². The smallest absolute Gasteiger partial charge is 0.181 e. The average molecular weight is 624 g/mol. The number of benzene rings is 7. The van der Waals surface area contributed by atoms with E-state index in [1.807, 2.05) is 0 Å². The van der Waals surface area contributed by atoms with Crippen molar-refractivity contribution in [1.29, 1.82) is 0 Å². The molecule has 0 aromatic heterocycles. The van der Waals surface area contributed by atoms with Crippen molar-refractivity contribution in [2.45, 2.75) is 9.79 Å². The van der Waals surface area contributed by atoms with Gasteiger partial charge in [0.2, 0.25) is 0 Å². The highest BCUT2D eigenvalue weighted by molar-refractivity contribution is 7.99. The molecule has 7 aromatic carbocycles. The molecule has 7 aromatic rings. The van der Waals surface area contributed by atoms with Crippen LogP contribution in [0.2, 0.25) is 0 Å². The van der Waals surface area contributed by atoms with Gasteiger partial charge >= 0.3 is 0 Å². The molecule has 2 aliphatic heterocycles. The van der Waals surface area contributed by atoms with E-state index in [2.05, 4.69) is 181 Å². The standard InChI is InChI=1S/C42H29NOSSi/c1-4-14-30(15-5-1)43(31-16-6-2-7-17-31)32-24-26-34(27-25-32)46(33-18-8-3-9-19-33)39-23-13-10-20-35(39)41-40(46)29-28-38-42(41)44-36-21-11-12-22-37(36)45-38/h1-29H. The van der Waals surface area contributed by atoms with Crippen LogP contribution in [0.15, 0.2) is 186 Å². The van der Waals surface area contributed by atoms with Gasteiger partial charge in [-0.1, -0.05) is 133 Å². The minimum atomic E-state index is -2.70. The molecule has 2 nitrogen and oxygen atoms in total. The maximum absolute atomic E-state index is 6.79. The Bertz CT molecular complexity index is 2160. The second-order valence-corrected chi connectivity index (χ2v) is 16.5. The second kappa shape index (κ2) is 11.0. The third-order valence-electron chi connectivity index (χ3n) is 9.20. The molecular formula is C42H29NOSSi. The van der Waals surface area contributed by atoms with Crippen molar-refractivity contribution in [1.82, 2.24) is 0 Å². The summed E-state index contributed by atoms with van der Waals surface area (Å²) < 4.78 is 6.79. The van der Waals surface area contributed by atoms with E-state index in [9.17, 15) is 0 Å². The lowest BCUT2D eigenvalue weighted by Gasteiger charge is -2.32. The third kappa shape index (κ3) is 4.11. The second-order valence-electron chi connectivity index (χ2n) is 11.7. The van der Waals surface area contributed by atoms with Crippen LogP contribution in [-0.4, -0.2) is 8.07 Å². The summed E-state index contributed by atoms with van der Waals surface area (Å²) in [6.07, 6.45) is 0. The van der Waals surface area contributed by atoms with Gasteiger partial charge in [0.25, 0.3) is 0 Å². The SMILES string of the molecule is c1ccc(N(c2ccccc2)c2ccc([Si]3(c4ccccc4)c4ccccc4-c4c3ccc3c4Oc4ccccc4S3)cc2)cc1. The van der Waals surface area contributed by atoms with Crippen molar-refractivity contribution < 1.29 is 4.74 Å². The molecule has 0 bridgehead atoms. The summed E-state index contributed by atoms with van der Waals surface area (Å²) in [5.74, 6) is 1.91. The first-order valence-electron chi connectivity index (χ1n) is 15.6. The highest BCUT2D eigenvalue weighted by Gasteiger charge is 2.50. The molecule has 0 aliphatic carbocycles. The molecule has 0 saturated heterocycles. The number of para-hydroxylation sites is 3. The van der Waals surface area contributed by atoms with Crippen molar-refractivity contribution >= 4 is 57.6 Å². The lowest BCUT2D eigenvalue weighted by atomic mass is 10.0. The highest BCUT2D eigenvalue weighted by atomic mass is 32.2. The minimum Gasteiger partial charge on any atom is -0.454 e. The molecule has 0 amide bonds. The van der Waals surface area contributed by atoms with Crippen LogP contribution in [-0.2, 0) is 0 Å². The van der Waals surface area contributed by atoms with Gasteiger partial charge in [-0.15, -0.1) is 0 Å². The summed E-state index contributed by atoms with van der Waals surface area (Å²) in [7, 11) is -2.70. The largest absolute Gasteiger partial charge is 0.454 e. The van der Waals surface area contributed by atoms with Gasteiger partial charge in [0, 0.05) is 22.6 Å². The molecule has 46 heavy (non-hydrogen) atoms. The Balaban J connectivity index is 1.27. The fourth-order valence-corrected chi connectivity index (χ4v) is 13.4. The van der Waals surface area contributed by atoms with Gasteiger partial charge in [-0.2, -0.15) is 0 Å². The summed E-state index contributed by atoms with van der Waals surface area (Å²) >= 11 is 1.80. The van der Waals surface area contributed by atoms with Gasteiger partial charge in [0.1, 0.15) is 11.5 Å². The zero-order valence-corrected chi connectivity index (χ0v) is 26.8. The van der Waals surface area contributed by atoms with Crippen LogP contribution in [0.25, 0.3) is 11.1 Å². The van der Waals surface area contributed by atoms with Gasteiger partial charge in [0.15, 0.2) is 8.07 Å². The monoisotopic (exact) mass is 623 g/mol. The van der Waals surface area contributed by atoms with Crippen LogP contribution in [0, 0.1) is 0 Å². The molecule has 0 fully saturated rings. The van der Waals surface area contributed by atoms with Crippen LogP contribution in [0.3, 0.4) is 0 Å². The molecule has 1 atom stereocenters. The van der Waals surface area contributed by atoms with E-state index >= 15 is 0 Å². The average Bonchev–Trinajstić information content (AvgIpc) is 3.44. The quantitative estimate of drug-likeness (QED) is 0.178. The Kier molecular flexibility index (Phi) is 6.44. The van der Waals surface area contributed by atoms with Gasteiger partial charge in [-0.25, -0.2) is 0 Å². The molecule has 2 aliphatic rings. The summed E-state index contributed by atoms with van der Waals surface area (Å²) in [5.41, 5.74) is 5.92. The number of hydrogen-bond donors (Lipinski definition) is 0. The Hall–Kier alpha value is -5.29. The molecule has 2 heterocycles. The zero-order chi connectivity index (χ0) is 30.5. The number of hydrogen-bond acceptors (Lipinski definition) is 3. The van der Waals surface area contributed by atoms with E-state index in [-0.39, 0.29) is 0 Å². The third-order valence-corrected chi connectivity index (χ3v) is 15.2. The maximum Gasteiger partial charge on any atom is 0.181 e. The van der Waals surface area contributed by atoms with E-state index < -0.39 is 8.07 Å². The van der Waals surface area contributed by atoms with Crippen molar-refractivity contribution in [2.75, 3.05) is 4.90 Å². The van der Waals surface area contributed by atoms with Crippen molar-refractivity contribution in [3.8, 4) is 22.6 Å². The number of anilines is 3. The van der Waals surface area contributed by atoms with E-state index in [0.29, 0.717) is 0 Å². The fourth-order valence-electron chi connectivity index (χ4n) is 7.28. The lowest BCUT2D eigenvalue weighted by Crippen LogP contribution is -2.72. The normalized spacial score (nSPS) is 15.6. The topological polar surface area (TPSA) is 12.5 Å². The number of ether oxygens (including phenoxy) is 1. The van der Waals surface area contributed by atoms with Crippen molar-refractivity contribution in [3.63, 3.8) is 0 Å². The molecular weight excluding hydrogens is 595 g/mol. The molecule has 0 N–H and O–H groups in total. The van der Waals surface area contributed by atoms with Crippen LogP contribution < -0.4 is 30.4 Å². The molecule has 0 spiro atoms. The molecule has 9 rings (SSSR count). The van der Waals surface area contributed by atoms with Gasteiger partial charge in [-0.05, 0) is 80.9 Å². The molecule has 1 unspecified atom stereocenters. The van der Waals surface area contributed by atoms with Crippen molar-refractivity contribution in [3.05, 3.63) is 176 Å². The van der Waals surface area contributed by atoms with Crippen LogP contribution in [0.1, 0.15) is 0 Å². The van der Waals surface area contributed by atoms with Crippen LogP contribution in [0.5, 0.6) is 11.5 Å². The first-order chi connectivity index (χ1) is 22.8. The molecule has 0 radical (unpaired) electrons.